The van der Waals surface area contributed by atoms with E-state index >= 15 is 0 Å². The van der Waals surface area contributed by atoms with Gasteiger partial charge in [0.2, 0.25) is 0 Å². The second kappa shape index (κ2) is 8.20. The van der Waals surface area contributed by atoms with Crippen LogP contribution < -0.4 is 9.47 Å². The molecule has 1 atom stereocenters. The van der Waals surface area contributed by atoms with Gasteiger partial charge in [0.1, 0.15) is 11.5 Å². The molecule has 0 bridgehead atoms. The normalized spacial score (nSPS) is 21.9. The van der Waals surface area contributed by atoms with Gasteiger partial charge < -0.3 is 19.1 Å². The van der Waals surface area contributed by atoms with Crippen LogP contribution in [-0.2, 0) is 4.74 Å². The zero-order valence-corrected chi connectivity index (χ0v) is 17.9. The summed E-state index contributed by atoms with van der Waals surface area (Å²) in [6.07, 6.45) is 2.18. The standard InChI is InChI=1S/C24H24N2O3S/c1-27-19-7-3-16(4-8-19)13-18-14-29-15-21-22(18)25-24-26(11-12-30-24)23(21)17-5-9-20(28-2)10-6-17/h3-10,13,23H,11-12,14-15H2,1-2H3. The summed E-state index contributed by atoms with van der Waals surface area (Å²) in [5.41, 5.74) is 5.80. The Kier molecular flexibility index (Phi) is 5.27. The van der Waals surface area contributed by atoms with Gasteiger partial charge in [0.15, 0.2) is 5.17 Å². The number of amidine groups is 1. The highest BCUT2D eigenvalue weighted by atomic mass is 32.2. The lowest BCUT2D eigenvalue weighted by atomic mass is 9.91. The molecule has 0 aromatic heterocycles. The number of rotatable bonds is 4. The summed E-state index contributed by atoms with van der Waals surface area (Å²) < 4.78 is 16.7. The number of thioether (sulfide) groups is 1. The van der Waals surface area contributed by atoms with Crippen LogP contribution in [0.5, 0.6) is 11.5 Å². The molecule has 3 heterocycles. The minimum atomic E-state index is 0.146. The van der Waals surface area contributed by atoms with Crippen molar-refractivity contribution in [1.82, 2.24) is 4.90 Å². The van der Waals surface area contributed by atoms with Crippen LogP contribution in [0.1, 0.15) is 17.2 Å². The summed E-state index contributed by atoms with van der Waals surface area (Å²) in [5, 5.41) is 1.11. The molecule has 0 amide bonds. The average molecular weight is 421 g/mol. The molecule has 30 heavy (non-hydrogen) atoms. The lowest BCUT2D eigenvalue weighted by molar-refractivity contribution is 0.157. The van der Waals surface area contributed by atoms with E-state index in [1.807, 2.05) is 36.0 Å². The summed E-state index contributed by atoms with van der Waals surface area (Å²) in [6, 6.07) is 16.6. The molecule has 0 saturated carbocycles. The SMILES string of the molecule is COc1ccc(C=C2COCC3=C2N=C2SCCN2C3c2ccc(OC)cc2)cc1. The lowest BCUT2D eigenvalue weighted by Crippen LogP contribution is -2.37. The third-order valence-corrected chi connectivity index (χ3v) is 6.64. The molecule has 0 spiro atoms. The van der Waals surface area contributed by atoms with E-state index in [0.717, 1.165) is 45.8 Å². The van der Waals surface area contributed by atoms with Crippen molar-refractivity contribution in [2.45, 2.75) is 6.04 Å². The minimum absolute atomic E-state index is 0.146. The van der Waals surface area contributed by atoms with Gasteiger partial charge in [-0.1, -0.05) is 36.0 Å². The molecule has 2 aromatic carbocycles. The highest BCUT2D eigenvalue weighted by Crippen LogP contribution is 2.43. The Morgan fingerprint density at radius 2 is 1.70 bits per heavy atom. The molecule has 5 rings (SSSR count). The average Bonchev–Trinajstić information content (AvgIpc) is 3.27. The smallest absolute Gasteiger partial charge is 0.165 e. The predicted molar refractivity (Wildman–Crippen MR) is 121 cm³/mol. The third kappa shape index (κ3) is 3.50. The quantitative estimate of drug-likeness (QED) is 0.727. The molecule has 0 aliphatic carbocycles. The fourth-order valence-electron chi connectivity index (χ4n) is 4.18. The largest absolute Gasteiger partial charge is 0.497 e. The lowest BCUT2D eigenvalue weighted by Gasteiger charge is -2.38. The molecule has 1 fully saturated rings. The zero-order valence-electron chi connectivity index (χ0n) is 17.1. The Hall–Kier alpha value is -2.70. The van der Waals surface area contributed by atoms with Gasteiger partial charge in [-0.25, -0.2) is 4.99 Å². The first kappa shape index (κ1) is 19.3. The number of benzene rings is 2. The molecular formula is C24H24N2O3S. The third-order valence-electron chi connectivity index (χ3n) is 5.67. The van der Waals surface area contributed by atoms with Crippen molar-refractivity contribution in [1.29, 1.82) is 0 Å². The Bertz CT molecular complexity index is 1030. The van der Waals surface area contributed by atoms with Crippen molar-refractivity contribution in [3.8, 4) is 11.5 Å². The molecular weight excluding hydrogens is 396 g/mol. The summed E-state index contributed by atoms with van der Waals surface area (Å²) in [6.45, 7) is 2.17. The summed E-state index contributed by atoms with van der Waals surface area (Å²) >= 11 is 1.83. The van der Waals surface area contributed by atoms with Gasteiger partial charge in [-0.05, 0) is 41.5 Å². The summed E-state index contributed by atoms with van der Waals surface area (Å²) in [7, 11) is 3.38. The first-order valence-electron chi connectivity index (χ1n) is 10.0. The number of nitrogens with zero attached hydrogens (tertiary/aromatic N) is 2. The van der Waals surface area contributed by atoms with Gasteiger partial charge >= 0.3 is 0 Å². The number of methoxy groups -OCH3 is 2. The van der Waals surface area contributed by atoms with Gasteiger partial charge in [0, 0.05) is 23.4 Å². The van der Waals surface area contributed by atoms with E-state index in [2.05, 4.69) is 35.2 Å². The second-order valence-corrected chi connectivity index (χ2v) is 8.48. The van der Waals surface area contributed by atoms with Gasteiger partial charge in [0.25, 0.3) is 0 Å². The number of aliphatic imine (C=N–C) groups is 1. The van der Waals surface area contributed by atoms with E-state index in [0.29, 0.717) is 13.2 Å². The molecule has 3 aliphatic heterocycles. The fourth-order valence-corrected chi connectivity index (χ4v) is 5.17. The van der Waals surface area contributed by atoms with Gasteiger partial charge in [-0.15, -0.1) is 0 Å². The van der Waals surface area contributed by atoms with Crippen LogP contribution in [0, 0.1) is 0 Å². The minimum Gasteiger partial charge on any atom is -0.497 e. The number of hydrogen-bond donors (Lipinski definition) is 0. The van der Waals surface area contributed by atoms with E-state index in [-0.39, 0.29) is 6.04 Å². The van der Waals surface area contributed by atoms with Crippen LogP contribution >= 0.6 is 11.8 Å². The molecule has 6 heteroatoms. The molecule has 5 nitrogen and oxygen atoms in total. The van der Waals surface area contributed by atoms with E-state index in [4.69, 9.17) is 19.2 Å². The van der Waals surface area contributed by atoms with Crippen molar-refractivity contribution >= 4 is 23.0 Å². The van der Waals surface area contributed by atoms with E-state index < -0.39 is 0 Å². The first-order chi connectivity index (χ1) is 14.8. The number of hydrogen-bond acceptors (Lipinski definition) is 6. The molecule has 2 aromatic rings. The summed E-state index contributed by atoms with van der Waals surface area (Å²) in [4.78, 5) is 7.48. The van der Waals surface area contributed by atoms with Crippen LogP contribution in [0.4, 0.5) is 0 Å². The molecule has 154 valence electrons. The highest BCUT2D eigenvalue weighted by molar-refractivity contribution is 8.14. The van der Waals surface area contributed by atoms with Crippen molar-refractivity contribution < 1.29 is 14.2 Å². The van der Waals surface area contributed by atoms with Crippen LogP contribution in [0.15, 0.2) is 70.4 Å². The molecule has 3 aliphatic rings. The van der Waals surface area contributed by atoms with Gasteiger partial charge in [-0.2, -0.15) is 0 Å². The second-order valence-electron chi connectivity index (χ2n) is 7.42. The molecule has 0 radical (unpaired) electrons. The Balaban J connectivity index is 1.57. The fraction of sp³-hybridized carbons (Fsp3) is 0.292. The Morgan fingerprint density at radius 3 is 2.40 bits per heavy atom. The van der Waals surface area contributed by atoms with Gasteiger partial charge in [-0.3, -0.25) is 0 Å². The van der Waals surface area contributed by atoms with Crippen molar-refractivity contribution in [3.63, 3.8) is 0 Å². The van der Waals surface area contributed by atoms with E-state index in [1.54, 1.807) is 14.2 Å². The summed E-state index contributed by atoms with van der Waals surface area (Å²) in [5.74, 6) is 2.78. The van der Waals surface area contributed by atoms with Crippen LogP contribution in [0.3, 0.4) is 0 Å². The zero-order chi connectivity index (χ0) is 20.5. The van der Waals surface area contributed by atoms with Crippen LogP contribution in [0.2, 0.25) is 0 Å². The van der Waals surface area contributed by atoms with Crippen LogP contribution in [-0.4, -0.2) is 49.8 Å². The number of ether oxygens (including phenoxy) is 3. The molecule has 1 saturated heterocycles. The topological polar surface area (TPSA) is 43.3 Å². The maximum atomic E-state index is 6.04. The molecule has 0 N–H and O–H groups in total. The highest BCUT2D eigenvalue weighted by Gasteiger charge is 2.38. The Morgan fingerprint density at radius 1 is 1.00 bits per heavy atom. The van der Waals surface area contributed by atoms with Crippen molar-refractivity contribution in [3.05, 3.63) is 76.5 Å². The van der Waals surface area contributed by atoms with Crippen molar-refractivity contribution in [2.24, 2.45) is 4.99 Å². The first-order valence-corrected chi connectivity index (χ1v) is 11.0. The maximum Gasteiger partial charge on any atom is 0.165 e. The predicted octanol–water partition coefficient (Wildman–Crippen LogP) is 4.53. The van der Waals surface area contributed by atoms with Crippen LogP contribution in [0.25, 0.3) is 6.08 Å². The van der Waals surface area contributed by atoms with E-state index in [1.165, 1.54) is 11.1 Å². The Labute approximate surface area is 181 Å². The molecule has 1 unspecified atom stereocenters. The van der Waals surface area contributed by atoms with E-state index in [9.17, 15) is 0 Å². The van der Waals surface area contributed by atoms with Gasteiger partial charge in [0.05, 0.1) is 39.2 Å². The number of fused-ring (bicyclic) bond motifs is 1. The van der Waals surface area contributed by atoms with Crippen molar-refractivity contribution in [2.75, 3.05) is 39.7 Å². The monoisotopic (exact) mass is 420 g/mol. The maximum absolute atomic E-state index is 6.04.